The number of aliphatic hydroxyl groups is 1. The number of carbonyl (C=O) groups is 2. The van der Waals surface area contributed by atoms with Crippen molar-refractivity contribution in [1.82, 2.24) is 4.90 Å². The SMILES string of the molecule is C=CCOC(=O)C1=C(OP(=O)(OCC(Cl)(Cl)Cl)OCC(Cl)(Cl)Cl)[C@H](C)[C@@H]2[C@@H]([C@@H](C)O)C(=O)N12. The van der Waals surface area contributed by atoms with E-state index in [0.29, 0.717) is 0 Å². The highest BCUT2D eigenvalue weighted by molar-refractivity contribution is 7.48. The van der Waals surface area contributed by atoms with E-state index in [1.165, 1.54) is 13.0 Å². The third kappa shape index (κ3) is 7.29. The number of phosphoric ester groups is 1. The van der Waals surface area contributed by atoms with Gasteiger partial charge in [0.2, 0.25) is 13.5 Å². The van der Waals surface area contributed by atoms with E-state index < -0.39 is 64.5 Å². The van der Waals surface area contributed by atoms with Gasteiger partial charge in [0, 0.05) is 5.92 Å². The number of carbonyl (C=O) groups excluding carboxylic acids is 2. The van der Waals surface area contributed by atoms with Crippen LogP contribution in [-0.2, 0) is 32.5 Å². The largest absolute Gasteiger partial charge is 0.530 e. The third-order valence-electron chi connectivity index (χ3n) is 4.62. The highest BCUT2D eigenvalue weighted by Gasteiger charge is 2.62. The van der Waals surface area contributed by atoms with Gasteiger partial charge in [-0.25, -0.2) is 9.36 Å². The molecule has 1 fully saturated rings. The lowest BCUT2D eigenvalue weighted by Crippen LogP contribution is -2.63. The first kappa shape index (κ1) is 29.3. The molecule has 2 heterocycles. The van der Waals surface area contributed by atoms with Crippen molar-refractivity contribution in [1.29, 1.82) is 0 Å². The summed E-state index contributed by atoms with van der Waals surface area (Å²) in [5, 5.41) is 10.0. The molecule has 0 unspecified atom stereocenters. The summed E-state index contributed by atoms with van der Waals surface area (Å²) in [7, 11) is -4.68. The predicted octanol–water partition coefficient (Wildman–Crippen LogP) is 4.68. The van der Waals surface area contributed by atoms with Gasteiger partial charge < -0.3 is 14.4 Å². The minimum absolute atomic E-state index is 0.179. The van der Waals surface area contributed by atoms with E-state index in [1.54, 1.807) is 6.92 Å². The molecule has 0 radical (unpaired) electrons. The lowest BCUT2D eigenvalue weighted by atomic mass is 9.79. The Labute approximate surface area is 220 Å². The van der Waals surface area contributed by atoms with Crippen LogP contribution in [0.5, 0.6) is 0 Å². The maximum absolute atomic E-state index is 13.3. The molecule has 4 atom stereocenters. The standard InChI is InChI=1S/C17H20Cl6NO8P/c1-4-5-29-15(27)12-13(8(2)11-10(9(3)25)14(26)24(11)12)32-33(28,30-6-16(18,19)20)31-7-17(21,22)23/h4,8-11,25H,1,5-7H2,2-3H3/t8-,9-,10-,11-/m1/s1. The number of amides is 1. The second kappa shape index (κ2) is 11.0. The van der Waals surface area contributed by atoms with E-state index in [9.17, 15) is 19.3 Å². The van der Waals surface area contributed by atoms with E-state index >= 15 is 0 Å². The van der Waals surface area contributed by atoms with E-state index in [-0.39, 0.29) is 18.1 Å². The molecule has 188 valence electrons. The molecule has 9 nitrogen and oxygen atoms in total. The van der Waals surface area contributed by atoms with Crippen LogP contribution in [-0.4, -0.2) is 61.4 Å². The topological polar surface area (TPSA) is 112 Å². The fraction of sp³-hybridized carbons (Fsp3) is 0.647. The lowest BCUT2D eigenvalue weighted by molar-refractivity contribution is -0.164. The zero-order valence-electron chi connectivity index (χ0n) is 17.2. The van der Waals surface area contributed by atoms with Crippen LogP contribution in [0.15, 0.2) is 24.1 Å². The highest BCUT2D eigenvalue weighted by atomic mass is 35.6. The molecule has 16 heteroatoms. The molecule has 0 saturated carbocycles. The molecular weight excluding hydrogens is 590 g/mol. The summed E-state index contributed by atoms with van der Waals surface area (Å²) in [4.78, 5) is 26.5. The number of ether oxygens (including phenoxy) is 1. The van der Waals surface area contributed by atoms with Crippen molar-refractivity contribution < 1.29 is 37.6 Å². The predicted molar refractivity (Wildman–Crippen MR) is 124 cm³/mol. The number of β-lactam (4-membered cyclic amide) rings is 1. The Balaban J connectivity index is 2.45. The molecule has 0 aromatic carbocycles. The summed E-state index contributed by atoms with van der Waals surface area (Å²) in [6.07, 6.45) is 0.281. The van der Waals surface area contributed by atoms with Crippen molar-refractivity contribution in [3.05, 3.63) is 24.1 Å². The Kier molecular flexibility index (Phi) is 9.76. The number of aliphatic hydroxyl groups excluding tert-OH is 1. The lowest BCUT2D eigenvalue weighted by Gasteiger charge is -2.46. The fourth-order valence-corrected chi connectivity index (χ4v) is 5.51. The highest BCUT2D eigenvalue weighted by Crippen LogP contribution is 2.58. The number of phosphoric acid groups is 1. The molecule has 2 aliphatic heterocycles. The number of alkyl halides is 6. The Bertz CT molecular complexity index is 849. The maximum Gasteiger partial charge on any atom is 0.530 e. The second-order valence-corrected chi connectivity index (χ2v) is 13.8. The Morgan fingerprint density at radius 3 is 2.15 bits per heavy atom. The summed E-state index contributed by atoms with van der Waals surface area (Å²) in [6, 6.07) is -0.687. The van der Waals surface area contributed by atoms with Gasteiger partial charge in [-0.05, 0) is 6.92 Å². The molecule has 1 N–H and O–H groups in total. The van der Waals surface area contributed by atoms with Crippen molar-refractivity contribution in [2.45, 2.75) is 33.6 Å². The zero-order valence-corrected chi connectivity index (χ0v) is 22.6. The molecule has 33 heavy (non-hydrogen) atoms. The molecule has 0 aliphatic carbocycles. The minimum Gasteiger partial charge on any atom is -0.457 e. The van der Waals surface area contributed by atoms with Crippen LogP contribution in [0.4, 0.5) is 0 Å². The molecule has 0 spiro atoms. The first-order chi connectivity index (χ1) is 15.0. The van der Waals surface area contributed by atoms with Gasteiger partial charge in [0.05, 0.1) is 18.1 Å². The van der Waals surface area contributed by atoms with Gasteiger partial charge in [0.1, 0.15) is 25.6 Å². The summed E-state index contributed by atoms with van der Waals surface area (Å²) < 4.78 is 30.0. The van der Waals surface area contributed by atoms with E-state index in [2.05, 4.69) is 6.58 Å². The molecule has 1 amide bonds. The summed E-state index contributed by atoms with van der Waals surface area (Å²) >= 11 is 34.0. The maximum atomic E-state index is 13.3. The van der Waals surface area contributed by atoms with Crippen molar-refractivity contribution in [3.63, 3.8) is 0 Å². The van der Waals surface area contributed by atoms with Crippen molar-refractivity contribution in [2.24, 2.45) is 11.8 Å². The average Bonchev–Trinajstić information content (AvgIpc) is 2.90. The smallest absolute Gasteiger partial charge is 0.457 e. The van der Waals surface area contributed by atoms with Gasteiger partial charge in [-0.2, -0.15) is 0 Å². The average molecular weight is 610 g/mol. The molecule has 1 saturated heterocycles. The summed E-state index contributed by atoms with van der Waals surface area (Å²) in [6.45, 7) is 4.77. The van der Waals surface area contributed by atoms with E-state index in [4.69, 9.17) is 87.9 Å². The third-order valence-corrected chi connectivity index (χ3v) is 6.58. The second-order valence-electron chi connectivity index (χ2n) is 7.17. The fourth-order valence-electron chi connectivity index (χ4n) is 3.35. The number of hydrogen-bond acceptors (Lipinski definition) is 8. The van der Waals surface area contributed by atoms with Crippen molar-refractivity contribution >= 4 is 89.3 Å². The van der Waals surface area contributed by atoms with Gasteiger partial charge >= 0.3 is 13.8 Å². The number of nitrogens with zero attached hydrogens (tertiary/aromatic N) is 1. The molecule has 0 bridgehead atoms. The van der Waals surface area contributed by atoms with Gasteiger partial charge in [-0.3, -0.25) is 18.7 Å². The number of fused-ring (bicyclic) bond motifs is 1. The van der Waals surface area contributed by atoms with Crippen LogP contribution in [0.2, 0.25) is 0 Å². The normalized spacial score (nSPS) is 24.3. The van der Waals surface area contributed by atoms with Crippen LogP contribution in [0.1, 0.15) is 13.8 Å². The Hall–Kier alpha value is 0.0700. The number of rotatable bonds is 10. The Morgan fingerprint density at radius 1 is 1.21 bits per heavy atom. The van der Waals surface area contributed by atoms with E-state index in [1.807, 2.05) is 0 Å². The van der Waals surface area contributed by atoms with Crippen LogP contribution in [0.3, 0.4) is 0 Å². The first-order valence-electron chi connectivity index (χ1n) is 9.27. The van der Waals surface area contributed by atoms with Gasteiger partial charge in [-0.15, -0.1) is 0 Å². The monoisotopic (exact) mass is 607 g/mol. The van der Waals surface area contributed by atoms with Crippen LogP contribution < -0.4 is 0 Å². The zero-order chi connectivity index (χ0) is 25.4. The molecule has 2 aliphatic rings. The van der Waals surface area contributed by atoms with Crippen molar-refractivity contribution in [2.75, 3.05) is 19.8 Å². The summed E-state index contributed by atoms with van der Waals surface area (Å²) in [5.74, 6) is -3.36. The Morgan fingerprint density at radius 2 is 1.73 bits per heavy atom. The van der Waals surface area contributed by atoms with Crippen LogP contribution in [0.25, 0.3) is 0 Å². The number of esters is 1. The molecular formula is C17H20Cl6NO8P. The van der Waals surface area contributed by atoms with Crippen LogP contribution >= 0.6 is 77.4 Å². The van der Waals surface area contributed by atoms with Crippen molar-refractivity contribution in [3.8, 4) is 0 Å². The molecule has 2 rings (SSSR count). The minimum atomic E-state index is -4.68. The quantitative estimate of drug-likeness (QED) is 0.125. The summed E-state index contributed by atoms with van der Waals surface area (Å²) in [5.41, 5.74) is -0.341. The number of hydrogen-bond donors (Lipinski definition) is 1. The molecule has 0 aromatic heterocycles. The first-order valence-corrected chi connectivity index (χ1v) is 13.0. The number of halogens is 6. The van der Waals surface area contributed by atoms with Gasteiger partial charge in [0.25, 0.3) is 0 Å². The van der Waals surface area contributed by atoms with E-state index in [0.717, 1.165) is 4.90 Å². The molecule has 0 aromatic rings. The van der Waals surface area contributed by atoms with Gasteiger partial charge in [0.15, 0.2) is 5.70 Å². The van der Waals surface area contributed by atoms with Crippen LogP contribution in [0, 0.1) is 11.8 Å². The van der Waals surface area contributed by atoms with Gasteiger partial charge in [-0.1, -0.05) is 89.2 Å².